The topological polar surface area (TPSA) is 0 Å². The lowest BCUT2D eigenvalue weighted by Gasteiger charge is -2.05. The van der Waals surface area contributed by atoms with Crippen LogP contribution in [0.3, 0.4) is 0 Å². The lowest BCUT2D eigenvalue weighted by Crippen LogP contribution is -1.94. The van der Waals surface area contributed by atoms with Crippen molar-refractivity contribution in [2.45, 2.75) is 59.3 Å². The standard InChI is InChI=1S/C14H24/c1-4-7-11(2)8-5-6-9-14-10-13(14)12(14)3/h8,12-13H,4-7,9-10H2,1-3H3. The predicted molar refractivity (Wildman–Crippen MR) is 62.2 cm³/mol. The van der Waals surface area contributed by atoms with E-state index < -0.39 is 0 Å². The van der Waals surface area contributed by atoms with E-state index in [1.54, 1.807) is 12.0 Å². The van der Waals surface area contributed by atoms with Crippen molar-refractivity contribution in [3.8, 4) is 0 Å². The first-order chi connectivity index (χ1) is 6.70. The Morgan fingerprint density at radius 3 is 2.71 bits per heavy atom. The van der Waals surface area contributed by atoms with Gasteiger partial charge >= 0.3 is 0 Å². The number of rotatable bonds is 6. The van der Waals surface area contributed by atoms with Crippen LogP contribution in [0, 0.1) is 17.3 Å². The number of allylic oxidation sites excluding steroid dienone is 2. The number of fused-ring (bicyclic) bond motifs is 1. The van der Waals surface area contributed by atoms with Crippen LogP contribution in [0.25, 0.3) is 0 Å². The molecule has 0 heterocycles. The molecule has 0 heteroatoms. The molecular weight excluding hydrogens is 168 g/mol. The van der Waals surface area contributed by atoms with E-state index >= 15 is 0 Å². The summed E-state index contributed by atoms with van der Waals surface area (Å²) in [5.74, 6) is 2.24. The molecule has 0 saturated heterocycles. The van der Waals surface area contributed by atoms with E-state index in [1.807, 2.05) is 0 Å². The Morgan fingerprint density at radius 2 is 2.21 bits per heavy atom. The van der Waals surface area contributed by atoms with Crippen LogP contribution in [-0.2, 0) is 0 Å². The third-order valence-electron chi connectivity index (χ3n) is 4.56. The summed E-state index contributed by atoms with van der Waals surface area (Å²) in [4.78, 5) is 0. The molecule has 80 valence electrons. The van der Waals surface area contributed by atoms with Gasteiger partial charge in [-0.05, 0) is 56.3 Å². The second-order valence-corrected chi connectivity index (χ2v) is 5.53. The first-order valence-corrected chi connectivity index (χ1v) is 6.36. The molecule has 0 amide bonds. The number of unbranched alkanes of at least 4 members (excludes halogenated alkanes) is 1. The van der Waals surface area contributed by atoms with Gasteiger partial charge in [0.05, 0.1) is 0 Å². The largest absolute Gasteiger partial charge is 0.0856 e. The minimum atomic E-state index is 0.881. The van der Waals surface area contributed by atoms with Crippen LogP contribution in [0.1, 0.15) is 59.3 Å². The van der Waals surface area contributed by atoms with Crippen LogP contribution in [0.4, 0.5) is 0 Å². The van der Waals surface area contributed by atoms with Crippen molar-refractivity contribution in [3.05, 3.63) is 11.6 Å². The molecule has 3 unspecified atom stereocenters. The van der Waals surface area contributed by atoms with E-state index in [-0.39, 0.29) is 0 Å². The second-order valence-electron chi connectivity index (χ2n) is 5.53. The molecule has 2 aliphatic rings. The summed E-state index contributed by atoms with van der Waals surface area (Å²) >= 11 is 0. The third kappa shape index (κ3) is 1.76. The molecule has 3 atom stereocenters. The Labute approximate surface area is 88.8 Å². The fraction of sp³-hybridized carbons (Fsp3) is 0.857. The molecule has 0 aliphatic heterocycles. The Hall–Kier alpha value is -0.260. The SMILES string of the molecule is CCCC(C)=CCCCC12CC1C2C. The zero-order valence-corrected chi connectivity index (χ0v) is 9.97. The Balaban J connectivity index is 1.57. The monoisotopic (exact) mass is 192 g/mol. The highest BCUT2D eigenvalue weighted by molar-refractivity contribution is 5.23. The highest BCUT2D eigenvalue weighted by Gasteiger charge is 2.74. The summed E-state index contributed by atoms with van der Waals surface area (Å²) in [7, 11) is 0. The van der Waals surface area contributed by atoms with Crippen LogP contribution in [0.15, 0.2) is 11.6 Å². The summed E-state index contributed by atoms with van der Waals surface area (Å²) in [6.07, 6.45) is 10.9. The zero-order valence-electron chi connectivity index (χ0n) is 9.97. The van der Waals surface area contributed by atoms with Gasteiger partial charge in [-0.1, -0.05) is 31.9 Å². The molecule has 0 aromatic rings. The molecule has 2 aliphatic carbocycles. The molecule has 0 spiro atoms. The smallest absolute Gasteiger partial charge is 0.0235 e. The van der Waals surface area contributed by atoms with Crippen molar-refractivity contribution >= 4 is 0 Å². The maximum Gasteiger partial charge on any atom is -0.0235 e. The molecule has 2 fully saturated rings. The van der Waals surface area contributed by atoms with Crippen molar-refractivity contribution in [1.82, 2.24) is 0 Å². The summed E-state index contributed by atoms with van der Waals surface area (Å²) in [6, 6.07) is 0. The zero-order chi connectivity index (χ0) is 10.2. The van der Waals surface area contributed by atoms with Gasteiger partial charge in [0.25, 0.3) is 0 Å². The first kappa shape index (κ1) is 10.3. The quantitative estimate of drug-likeness (QED) is 0.427. The van der Waals surface area contributed by atoms with Gasteiger partial charge in [-0.2, -0.15) is 0 Å². The van der Waals surface area contributed by atoms with Gasteiger partial charge in [0.2, 0.25) is 0 Å². The molecule has 0 radical (unpaired) electrons. The van der Waals surface area contributed by atoms with Crippen molar-refractivity contribution < 1.29 is 0 Å². The van der Waals surface area contributed by atoms with Crippen molar-refractivity contribution in [3.63, 3.8) is 0 Å². The van der Waals surface area contributed by atoms with E-state index in [4.69, 9.17) is 0 Å². The van der Waals surface area contributed by atoms with Gasteiger partial charge < -0.3 is 0 Å². The van der Waals surface area contributed by atoms with Crippen molar-refractivity contribution in [1.29, 1.82) is 0 Å². The molecule has 14 heavy (non-hydrogen) atoms. The Bertz CT molecular complexity index is 232. The lowest BCUT2D eigenvalue weighted by molar-refractivity contribution is 0.473. The minimum Gasteiger partial charge on any atom is -0.0856 e. The number of hydrogen-bond donors (Lipinski definition) is 0. The number of hydrogen-bond acceptors (Lipinski definition) is 0. The van der Waals surface area contributed by atoms with Crippen LogP contribution in [0.2, 0.25) is 0 Å². The summed E-state index contributed by atoms with van der Waals surface area (Å²) < 4.78 is 0. The molecule has 0 aromatic heterocycles. The van der Waals surface area contributed by atoms with Gasteiger partial charge in [-0.15, -0.1) is 0 Å². The third-order valence-corrected chi connectivity index (χ3v) is 4.56. The maximum atomic E-state index is 2.46. The van der Waals surface area contributed by atoms with Crippen molar-refractivity contribution in [2.75, 3.05) is 0 Å². The Morgan fingerprint density at radius 1 is 1.50 bits per heavy atom. The molecule has 2 rings (SSSR count). The van der Waals surface area contributed by atoms with Crippen LogP contribution in [0.5, 0.6) is 0 Å². The lowest BCUT2D eigenvalue weighted by atomic mass is 10.00. The first-order valence-electron chi connectivity index (χ1n) is 6.36. The van der Waals surface area contributed by atoms with Crippen molar-refractivity contribution in [2.24, 2.45) is 17.3 Å². The summed E-state index contributed by atoms with van der Waals surface area (Å²) in [6.45, 7) is 6.98. The van der Waals surface area contributed by atoms with E-state index in [2.05, 4.69) is 26.8 Å². The van der Waals surface area contributed by atoms with Gasteiger partial charge in [0.1, 0.15) is 0 Å². The Kier molecular flexibility index (Phi) is 2.72. The highest BCUT2D eigenvalue weighted by Crippen LogP contribution is 2.81. The second kappa shape index (κ2) is 3.72. The van der Waals surface area contributed by atoms with Gasteiger partial charge in [0.15, 0.2) is 0 Å². The van der Waals surface area contributed by atoms with Crippen LogP contribution < -0.4 is 0 Å². The van der Waals surface area contributed by atoms with E-state index in [0.717, 1.165) is 17.3 Å². The van der Waals surface area contributed by atoms with E-state index in [1.165, 1.54) is 32.1 Å². The summed E-state index contributed by atoms with van der Waals surface area (Å²) in [5.41, 5.74) is 2.48. The average Bonchev–Trinajstić information content (AvgIpc) is 3.01. The fourth-order valence-electron chi connectivity index (χ4n) is 3.15. The molecule has 0 N–H and O–H groups in total. The van der Waals surface area contributed by atoms with Crippen LogP contribution >= 0.6 is 0 Å². The van der Waals surface area contributed by atoms with E-state index in [9.17, 15) is 0 Å². The molecular formula is C14H24. The molecule has 0 aromatic carbocycles. The normalized spacial score (nSPS) is 39.5. The molecule has 2 saturated carbocycles. The van der Waals surface area contributed by atoms with Crippen LogP contribution in [-0.4, -0.2) is 0 Å². The van der Waals surface area contributed by atoms with Gasteiger partial charge in [-0.25, -0.2) is 0 Å². The van der Waals surface area contributed by atoms with E-state index in [0.29, 0.717) is 0 Å². The maximum absolute atomic E-state index is 2.46. The highest BCUT2D eigenvalue weighted by atomic mass is 14.8. The molecule has 0 bridgehead atoms. The van der Waals surface area contributed by atoms with Gasteiger partial charge in [0, 0.05) is 0 Å². The average molecular weight is 192 g/mol. The van der Waals surface area contributed by atoms with Gasteiger partial charge in [-0.3, -0.25) is 0 Å². The fourth-order valence-corrected chi connectivity index (χ4v) is 3.15. The predicted octanol–water partition coefficient (Wildman–Crippen LogP) is 4.56. The summed E-state index contributed by atoms with van der Waals surface area (Å²) in [5, 5.41) is 0. The minimum absolute atomic E-state index is 0.881. The molecule has 0 nitrogen and oxygen atoms in total.